The molecule has 0 saturated heterocycles. The van der Waals surface area contributed by atoms with Gasteiger partial charge >= 0.3 is 11.9 Å². The van der Waals surface area contributed by atoms with Gasteiger partial charge in [0.05, 0.1) is 14.2 Å². The molecule has 4 heteroatoms. The van der Waals surface area contributed by atoms with E-state index in [1.807, 2.05) is 12.1 Å². The molecule has 3 rings (SSSR count). The first-order valence-electron chi connectivity index (χ1n) is 9.12. The zero-order chi connectivity index (χ0) is 19.3. The smallest absolute Gasteiger partial charge is 0.323 e. The fourth-order valence-corrected chi connectivity index (χ4v) is 5.28. The first kappa shape index (κ1) is 18.7. The zero-order valence-electron chi connectivity index (χ0n) is 16.5. The third kappa shape index (κ3) is 2.42. The summed E-state index contributed by atoms with van der Waals surface area (Å²) in [5.41, 5.74) is 1.95. The number of carbonyl (C=O) groups is 2. The van der Waals surface area contributed by atoms with Gasteiger partial charge in [-0.25, -0.2) is 0 Å². The summed E-state index contributed by atoms with van der Waals surface area (Å²) >= 11 is 0. The minimum absolute atomic E-state index is 0.0691. The van der Waals surface area contributed by atoms with Crippen molar-refractivity contribution in [3.8, 4) is 0 Å². The predicted molar refractivity (Wildman–Crippen MR) is 99.8 cm³/mol. The highest BCUT2D eigenvalue weighted by molar-refractivity contribution is 6.00. The second-order valence-electron chi connectivity index (χ2n) is 8.55. The van der Waals surface area contributed by atoms with E-state index in [4.69, 9.17) is 9.47 Å². The lowest BCUT2D eigenvalue weighted by Crippen LogP contribution is -2.53. The van der Waals surface area contributed by atoms with Gasteiger partial charge in [0, 0.05) is 10.8 Å². The fraction of sp³-hybridized carbons (Fsp3) is 0.545. The Balaban J connectivity index is 2.24. The van der Waals surface area contributed by atoms with Crippen molar-refractivity contribution in [1.29, 1.82) is 0 Å². The molecule has 2 atom stereocenters. The quantitative estimate of drug-likeness (QED) is 0.458. The molecular weight excluding hydrogens is 328 g/mol. The molecule has 4 nitrogen and oxygen atoms in total. The van der Waals surface area contributed by atoms with Crippen molar-refractivity contribution < 1.29 is 19.1 Å². The highest BCUT2D eigenvalue weighted by atomic mass is 16.5. The summed E-state index contributed by atoms with van der Waals surface area (Å²) in [6.07, 6.45) is 3.10. The molecule has 26 heavy (non-hydrogen) atoms. The number of hydrogen-bond donors (Lipinski definition) is 0. The van der Waals surface area contributed by atoms with Crippen molar-refractivity contribution in [1.82, 2.24) is 0 Å². The lowest BCUT2D eigenvalue weighted by Gasteiger charge is -2.52. The van der Waals surface area contributed by atoms with E-state index in [1.165, 1.54) is 30.9 Å². The van der Waals surface area contributed by atoms with E-state index in [-0.39, 0.29) is 11.3 Å². The number of esters is 2. The van der Waals surface area contributed by atoms with E-state index in [2.05, 4.69) is 45.9 Å². The van der Waals surface area contributed by atoms with Gasteiger partial charge in [-0.1, -0.05) is 63.6 Å². The van der Waals surface area contributed by atoms with Crippen LogP contribution in [0.2, 0.25) is 0 Å². The molecule has 0 radical (unpaired) electrons. The molecule has 1 aromatic rings. The van der Waals surface area contributed by atoms with Gasteiger partial charge in [-0.3, -0.25) is 9.59 Å². The normalized spacial score (nSPS) is 28.2. The zero-order valence-corrected chi connectivity index (χ0v) is 16.5. The van der Waals surface area contributed by atoms with Gasteiger partial charge in [-0.15, -0.1) is 0 Å². The number of benzene rings is 1. The maximum atomic E-state index is 12.7. The standard InChI is InChI=1S/C22H28O4/c1-14-11-22(18(23)25-5,19(24)26-6)13-21(4)16-10-8-7-9-15(16)20(2,3)12-17(14)21/h7-10,12,14H,11,13H2,1-6H3. The second-order valence-corrected chi connectivity index (χ2v) is 8.55. The average molecular weight is 356 g/mol. The molecule has 1 fully saturated rings. The molecule has 0 aliphatic heterocycles. The van der Waals surface area contributed by atoms with Crippen LogP contribution in [0, 0.1) is 11.3 Å². The Labute approximate surface area is 155 Å². The Morgan fingerprint density at radius 2 is 1.54 bits per heavy atom. The van der Waals surface area contributed by atoms with Gasteiger partial charge in [0.2, 0.25) is 0 Å². The SMILES string of the molecule is COC(=O)C1(C(=O)OC)CC(C)C2=CC(C)(C)c3ccccc3C2(C)C1. The molecule has 2 unspecified atom stereocenters. The van der Waals surface area contributed by atoms with E-state index in [0.29, 0.717) is 12.8 Å². The van der Waals surface area contributed by atoms with E-state index < -0.39 is 22.8 Å². The van der Waals surface area contributed by atoms with Crippen molar-refractivity contribution in [3.05, 3.63) is 47.0 Å². The van der Waals surface area contributed by atoms with E-state index in [1.54, 1.807) is 0 Å². The molecular formula is C22H28O4. The molecule has 0 aromatic heterocycles. The lowest BCUT2D eigenvalue weighted by molar-refractivity contribution is -0.173. The van der Waals surface area contributed by atoms with Gasteiger partial charge in [0.1, 0.15) is 0 Å². The number of rotatable bonds is 2. The van der Waals surface area contributed by atoms with Crippen molar-refractivity contribution in [2.75, 3.05) is 14.2 Å². The summed E-state index contributed by atoms with van der Waals surface area (Å²) in [7, 11) is 2.67. The van der Waals surface area contributed by atoms with Crippen molar-refractivity contribution >= 4 is 11.9 Å². The molecule has 0 bridgehead atoms. The molecule has 0 N–H and O–H groups in total. The van der Waals surface area contributed by atoms with Crippen molar-refractivity contribution in [3.63, 3.8) is 0 Å². The molecule has 0 spiro atoms. The molecule has 140 valence electrons. The number of fused-ring (bicyclic) bond motifs is 3. The topological polar surface area (TPSA) is 52.6 Å². The van der Waals surface area contributed by atoms with E-state index >= 15 is 0 Å². The second kappa shape index (κ2) is 5.97. The Morgan fingerprint density at radius 3 is 2.08 bits per heavy atom. The molecule has 2 aliphatic rings. The minimum Gasteiger partial charge on any atom is -0.468 e. The summed E-state index contributed by atoms with van der Waals surface area (Å²) in [4.78, 5) is 25.5. The van der Waals surface area contributed by atoms with Crippen LogP contribution in [0.5, 0.6) is 0 Å². The third-order valence-corrected chi connectivity index (χ3v) is 6.36. The van der Waals surface area contributed by atoms with Gasteiger partial charge in [0.15, 0.2) is 5.41 Å². The molecule has 0 heterocycles. The van der Waals surface area contributed by atoms with Crippen LogP contribution in [0.3, 0.4) is 0 Å². The monoisotopic (exact) mass is 356 g/mol. The van der Waals surface area contributed by atoms with Crippen LogP contribution in [0.15, 0.2) is 35.9 Å². The average Bonchev–Trinajstić information content (AvgIpc) is 2.62. The van der Waals surface area contributed by atoms with Crippen LogP contribution in [0.4, 0.5) is 0 Å². The summed E-state index contributed by atoms with van der Waals surface area (Å²) in [5, 5.41) is 0. The first-order chi connectivity index (χ1) is 12.1. The minimum atomic E-state index is -1.27. The molecule has 0 amide bonds. The highest BCUT2D eigenvalue weighted by Gasteiger charge is 2.60. The Bertz CT molecular complexity index is 773. The van der Waals surface area contributed by atoms with Crippen LogP contribution in [-0.4, -0.2) is 26.2 Å². The van der Waals surface area contributed by atoms with Crippen molar-refractivity contribution in [2.45, 2.75) is 51.4 Å². The number of hydrogen-bond acceptors (Lipinski definition) is 4. The lowest BCUT2D eigenvalue weighted by atomic mass is 9.50. The van der Waals surface area contributed by atoms with Gasteiger partial charge in [-0.05, 0) is 29.9 Å². The number of ether oxygens (including phenoxy) is 2. The first-order valence-corrected chi connectivity index (χ1v) is 9.12. The van der Waals surface area contributed by atoms with Crippen molar-refractivity contribution in [2.24, 2.45) is 11.3 Å². The van der Waals surface area contributed by atoms with Gasteiger partial charge in [-0.2, -0.15) is 0 Å². The van der Waals surface area contributed by atoms with Crippen LogP contribution in [0.25, 0.3) is 0 Å². The molecule has 1 saturated carbocycles. The fourth-order valence-electron chi connectivity index (χ4n) is 5.28. The molecule has 2 aliphatic carbocycles. The Morgan fingerprint density at radius 1 is 1.00 bits per heavy atom. The highest BCUT2D eigenvalue weighted by Crippen LogP contribution is 2.58. The van der Waals surface area contributed by atoms with Crippen LogP contribution < -0.4 is 0 Å². The molecule has 1 aromatic carbocycles. The Kier molecular flexibility index (Phi) is 4.29. The number of methoxy groups -OCH3 is 2. The maximum Gasteiger partial charge on any atom is 0.323 e. The number of allylic oxidation sites excluding steroid dienone is 2. The maximum absolute atomic E-state index is 12.7. The third-order valence-electron chi connectivity index (χ3n) is 6.36. The van der Waals surface area contributed by atoms with E-state index in [9.17, 15) is 9.59 Å². The Hall–Kier alpha value is -2.10. The predicted octanol–water partition coefficient (Wildman–Crippen LogP) is 3.92. The largest absolute Gasteiger partial charge is 0.468 e. The summed E-state index contributed by atoms with van der Waals surface area (Å²) in [6, 6.07) is 8.34. The summed E-state index contributed by atoms with van der Waals surface area (Å²) in [5.74, 6) is -0.933. The van der Waals surface area contributed by atoms with Crippen LogP contribution >= 0.6 is 0 Å². The summed E-state index contributed by atoms with van der Waals surface area (Å²) < 4.78 is 10.1. The van der Waals surface area contributed by atoms with Crippen LogP contribution in [0.1, 0.15) is 51.7 Å². The summed E-state index contributed by atoms with van der Waals surface area (Å²) in [6.45, 7) is 8.66. The number of carbonyl (C=O) groups excluding carboxylic acids is 2. The van der Waals surface area contributed by atoms with Crippen LogP contribution in [-0.2, 0) is 29.9 Å². The van der Waals surface area contributed by atoms with Gasteiger partial charge < -0.3 is 9.47 Å². The van der Waals surface area contributed by atoms with Gasteiger partial charge in [0.25, 0.3) is 0 Å². The van der Waals surface area contributed by atoms with E-state index in [0.717, 1.165) is 0 Å².